The number of carboxylic acids is 1. The van der Waals surface area contributed by atoms with Crippen LogP contribution in [0.5, 0.6) is 0 Å². The maximum absolute atomic E-state index is 10.7. The summed E-state index contributed by atoms with van der Waals surface area (Å²) in [6, 6.07) is 5.22. The summed E-state index contributed by atoms with van der Waals surface area (Å²) in [6.45, 7) is 0. The Morgan fingerprint density at radius 3 is 2.94 bits per heavy atom. The Morgan fingerprint density at radius 1 is 1.56 bits per heavy atom. The summed E-state index contributed by atoms with van der Waals surface area (Å²) in [5, 5.41) is 12.6. The molecule has 0 radical (unpaired) electrons. The van der Waals surface area contributed by atoms with E-state index >= 15 is 0 Å². The van der Waals surface area contributed by atoms with Gasteiger partial charge in [0.15, 0.2) is 0 Å². The van der Waals surface area contributed by atoms with Crippen molar-refractivity contribution < 1.29 is 9.90 Å². The van der Waals surface area contributed by atoms with Gasteiger partial charge in [-0.2, -0.15) is 11.8 Å². The van der Waals surface area contributed by atoms with Crippen molar-refractivity contribution in [2.75, 3.05) is 16.8 Å². The summed E-state index contributed by atoms with van der Waals surface area (Å²) < 4.78 is 0. The van der Waals surface area contributed by atoms with Gasteiger partial charge in [0.1, 0.15) is 0 Å². The van der Waals surface area contributed by atoms with Crippen LogP contribution in [-0.2, 0) is 0 Å². The predicted molar refractivity (Wildman–Crippen MR) is 67.8 cm³/mol. The number of thioether (sulfide) groups is 1. The van der Waals surface area contributed by atoms with Crippen LogP contribution >= 0.6 is 23.4 Å². The molecule has 0 amide bonds. The van der Waals surface area contributed by atoms with E-state index in [9.17, 15) is 4.79 Å². The summed E-state index contributed by atoms with van der Waals surface area (Å²) in [4.78, 5) is 10.7. The van der Waals surface area contributed by atoms with Crippen molar-refractivity contribution in [1.29, 1.82) is 0 Å². The molecule has 1 atom stereocenters. The SMILES string of the molecule is O=C(O)c1ccc(NC2CCSC2)c(Cl)c1. The molecular formula is C11H12ClNO2S. The van der Waals surface area contributed by atoms with Gasteiger partial charge in [0.2, 0.25) is 0 Å². The molecule has 0 aliphatic carbocycles. The Labute approximate surface area is 103 Å². The molecular weight excluding hydrogens is 246 g/mol. The lowest BCUT2D eigenvalue weighted by molar-refractivity contribution is 0.0697. The molecule has 1 aliphatic heterocycles. The maximum atomic E-state index is 10.7. The molecule has 1 saturated heterocycles. The number of carbonyl (C=O) groups is 1. The molecule has 1 fully saturated rings. The number of anilines is 1. The minimum atomic E-state index is -0.954. The summed E-state index contributed by atoms with van der Waals surface area (Å²) in [7, 11) is 0. The fourth-order valence-corrected chi connectivity index (χ4v) is 3.02. The van der Waals surface area contributed by atoms with Crippen molar-refractivity contribution in [2.45, 2.75) is 12.5 Å². The highest BCUT2D eigenvalue weighted by atomic mass is 35.5. The lowest BCUT2D eigenvalue weighted by atomic mass is 10.2. The van der Waals surface area contributed by atoms with Gasteiger partial charge in [-0.15, -0.1) is 0 Å². The maximum Gasteiger partial charge on any atom is 0.335 e. The largest absolute Gasteiger partial charge is 0.478 e. The number of aromatic carboxylic acids is 1. The average Bonchev–Trinajstić information content (AvgIpc) is 2.73. The molecule has 1 aromatic rings. The van der Waals surface area contributed by atoms with Crippen molar-refractivity contribution in [3.05, 3.63) is 28.8 Å². The highest BCUT2D eigenvalue weighted by Crippen LogP contribution is 2.27. The fourth-order valence-electron chi connectivity index (χ4n) is 1.63. The van der Waals surface area contributed by atoms with Crippen molar-refractivity contribution in [1.82, 2.24) is 0 Å². The number of carboxylic acid groups (broad SMARTS) is 1. The van der Waals surface area contributed by atoms with E-state index in [1.54, 1.807) is 12.1 Å². The Morgan fingerprint density at radius 2 is 2.38 bits per heavy atom. The molecule has 1 heterocycles. The van der Waals surface area contributed by atoms with Gasteiger partial charge in [0.25, 0.3) is 0 Å². The monoisotopic (exact) mass is 257 g/mol. The number of hydrogen-bond acceptors (Lipinski definition) is 3. The van der Waals surface area contributed by atoms with Crippen molar-refractivity contribution in [2.24, 2.45) is 0 Å². The van der Waals surface area contributed by atoms with Crippen LogP contribution < -0.4 is 5.32 Å². The molecule has 1 aromatic carbocycles. The van der Waals surface area contributed by atoms with E-state index in [4.69, 9.17) is 16.7 Å². The van der Waals surface area contributed by atoms with Gasteiger partial charge in [0, 0.05) is 11.8 Å². The normalized spacial score (nSPS) is 19.7. The van der Waals surface area contributed by atoms with E-state index in [1.165, 1.54) is 11.8 Å². The van der Waals surface area contributed by atoms with Crippen LogP contribution in [0.15, 0.2) is 18.2 Å². The fraction of sp³-hybridized carbons (Fsp3) is 0.364. The predicted octanol–water partition coefficient (Wildman–Crippen LogP) is 2.96. The molecule has 1 unspecified atom stereocenters. The number of nitrogens with one attached hydrogen (secondary N) is 1. The molecule has 3 nitrogen and oxygen atoms in total. The van der Waals surface area contributed by atoms with Crippen LogP contribution in [0.3, 0.4) is 0 Å². The molecule has 1 aliphatic rings. The molecule has 0 spiro atoms. The van der Waals surface area contributed by atoms with Crippen LogP contribution in [0, 0.1) is 0 Å². The van der Waals surface area contributed by atoms with E-state index in [-0.39, 0.29) is 5.56 Å². The second-order valence-electron chi connectivity index (χ2n) is 3.70. The Bertz CT molecular complexity index is 405. The van der Waals surface area contributed by atoms with Crippen LogP contribution in [0.1, 0.15) is 16.8 Å². The third kappa shape index (κ3) is 2.62. The number of rotatable bonds is 3. The molecule has 2 N–H and O–H groups in total. The second-order valence-corrected chi connectivity index (χ2v) is 5.26. The van der Waals surface area contributed by atoms with Crippen LogP contribution in [0.4, 0.5) is 5.69 Å². The first-order valence-corrected chi connectivity index (χ1v) is 6.57. The minimum absolute atomic E-state index is 0.219. The third-order valence-electron chi connectivity index (χ3n) is 2.51. The van der Waals surface area contributed by atoms with E-state index in [0.29, 0.717) is 11.1 Å². The van der Waals surface area contributed by atoms with Crippen molar-refractivity contribution in [3.8, 4) is 0 Å². The van der Waals surface area contributed by atoms with Crippen molar-refractivity contribution in [3.63, 3.8) is 0 Å². The smallest absolute Gasteiger partial charge is 0.335 e. The van der Waals surface area contributed by atoms with Crippen LogP contribution in [-0.4, -0.2) is 28.6 Å². The lowest BCUT2D eigenvalue weighted by Gasteiger charge is -2.14. The highest BCUT2D eigenvalue weighted by Gasteiger charge is 2.16. The standard InChI is InChI=1S/C11H12ClNO2S/c12-9-5-7(11(14)15)1-2-10(9)13-8-3-4-16-6-8/h1-2,5,8,13H,3-4,6H2,(H,14,15). The van der Waals surface area contributed by atoms with Gasteiger partial charge in [-0.1, -0.05) is 11.6 Å². The van der Waals surface area contributed by atoms with Crippen molar-refractivity contribution >= 4 is 35.0 Å². The molecule has 2 rings (SSSR count). The number of halogens is 1. The topological polar surface area (TPSA) is 49.3 Å². The minimum Gasteiger partial charge on any atom is -0.478 e. The molecule has 0 aromatic heterocycles. The molecule has 0 saturated carbocycles. The molecule has 86 valence electrons. The van der Waals surface area contributed by atoms with Gasteiger partial charge in [-0.3, -0.25) is 0 Å². The third-order valence-corrected chi connectivity index (χ3v) is 3.98. The zero-order chi connectivity index (χ0) is 11.5. The Kier molecular flexibility index (Phi) is 3.61. The first-order chi connectivity index (χ1) is 7.66. The van der Waals surface area contributed by atoms with Crippen LogP contribution in [0.2, 0.25) is 5.02 Å². The van der Waals surface area contributed by atoms with E-state index in [0.717, 1.165) is 17.9 Å². The zero-order valence-electron chi connectivity index (χ0n) is 8.57. The van der Waals surface area contributed by atoms with Gasteiger partial charge in [-0.05, 0) is 30.4 Å². The van der Waals surface area contributed by atoms with E-state index in [2.05, 4.69) is 5.32 Å². The van der Waals surface area contributed by atoms with Crippen LogP contribution in [0.25, 0.3) is 0 Å². The first kappa shape index (κ1) is 11.6. The van der Waals surface area contributed by atoms with E-state index in [1.807, 2.05) is 11.8 Å². The summed E-state index contributed by atoms with van der Waals surface area (Å²) in [6.07, 6.45) is 1.13. The first-order valence-electron chi connectivity index (χ1n) is 5.04. The Hall–Kier alpha value is -0.870. The second kappa shape index (κ2) is 4.97. The quantitative estimate of drug-likeness (QED) is 0.874. The number of hydrogen-bond donors (Lipinski definition) is 2. The average molecular weight is 258 g/mol. The summed E-state index contributed by atoms with van der Waals surface area (Å²) >= 11 is 7.93. The molecule has 5 heteroatoms. The van der Waals surface area contributed by atoms with Gasteiger partial charge < -0.3 is 10.4 Å². The van der Waals surface area contributed by atoms with E-state index < -0.39 is 5.97 Å². The van der Waals surface area contributed by atoms with Gasteiger partial charge in [-0.25, -0.2) is 4.79 Å². The molecule has 16 heavy (non-hydrogen) atoms. The number of benzene rings is 1. The highest BCUT2D eigenvalue weighted by molar-refractivity contribution is 7.99. The Balaban J connectivity index is 2.12. The lowest BCUT2D eigenvalue weighted by Crippen LogP contribution is -2.18. The summed E-state index contributed by atoms with van der Waals surface area (Å²) in [5.74, 6) is 1.30. The van der Waals surface area contributed by atoms with Gasteiger partial charge in [0.05, 0.1) is 16.3 Å². The van der Waals surface area contributed by atoms with Gasteiger partial charge >= 0.3 is 5.97 Å². The molecule has 0 bridgehead atoms. The summed E-state index contributed by atoms with van der Waals surface area (Å²) in [5.41, 5.74) is 1.04. The zero-order valence-corrected chi connectivity index (χ0v) is 10.1.